The second-order valence-electron chi connectivity index (χ2n) is 6.06. The zero-order valence-electron chi connectivity index (χ0n) is 14.3. The molecular weight excluding hydrogens is 482 g/mol. The zero-order chi connectivity index (χ0) is 21.6. The molecule has 0 bridgehead atoms. The standard InChI is InChI=1S/C19H12Cl4O5S/c20-13-5-1-3-11(17(13)22)19(29(26,27)28,10-7-8-15(24)16(25)9-10)12-4-2-6-14(21)18(12)23/h1-9,24-25H,(H,26,27,28). The fourth-order valence-electron chi connectivity index (χ4n) is 3.18. The van der Waals surface area contributed by atoms with Gasteiger partial charge >= 0.3 is 0 Å². The summed E-state index contributed by atoms with van der Waals surface area (Å²) < 4.78 is 34.1. The van der Waals surface area contributed by atoms with E-state index >= 15 is 0 Å². The largest absolute Gasteiger partial charge is 0.504 e. The van der Waals surface area contributed by atoms with E-state index < -0.39 is 26.4 Å². The van der Waals surface area contributed by atoms with Crippen molar-refractivity contribution in [3.05, 3.63) is 91.4 Å². The number of phenols is 2. The fraction of sp³-hybridized carbons (Fsp3) is 0.0526. The van der Waals surface area contributed by atoms with Crippen molar-refractivity contribution in [2.24, 2.45) is 0 Å². The van der Waals surface area contributed by atoms with Crippen LogP contribution in [0.4, 0.5) is 0 Å². The van der Waals surface area contributed by atoms with E-state index in [1.54, 1.807) is 0 Å². The van der Waals surface area contributed by atoms with Gasteiger partial charge in [-0.1, -0.05) is 76.7 Å². The van der Waals surface area contributed by atoms with Crippen molar-refractivity contribution in [3.8, 4) is 11.5 Å². The molecule has 0 saturated carbocycles. The molecule has 0 saturated heterocycles. The highest BCUT2D eigenvalue weighted by Gasteiger charge is 2.51. The van der Waals surface area contributed by atoms with Crippen LogP contribution >= 0.6 is 46.4 Å². The van der Waals surface area contributed by atoms with Gasteiger partial charge in [-0.05, 0) is 29.8 Å². The molecule has 5 nitrogen and oxygen atoms in total. The molecule has 3 rings (SSSR count). The lowest BCUT2D eigenvalue weighted by atomic mass is 9.83. The Morgan fingerprint density at radius 2 is 1.21 bits per heavy atom. The van der Waals surface area contributed by atoms with Gasteiger partial charge in [0.15, 0.2) is 16.2 Å². The third-order valence-electron chi connectivity index (χ3n) is 4.43. The average molecular weight is 494 g/mol. The molecule has 152 valence electrons. The van der Waals surface area contributed by atoms with Crippen molar-refractivity contribution in [1.29, 1.82) is 0 Å². The molecule has 0 aliphatic rings. The predicted molar refractivity (Wildman–Crippen MR) is 114 cm³/mol. The van der Waals surface area contributed by atoms with Gasteiger partial charge in [-0.25, -0.2) is 0 Å². The number of hydrogen-bond acceptors (Lipinski definition) is 4. The maximum absolute atomic E-state index is 13.0. The summed E-state index contributed by atoms with van der Waals surface area (Å²) in [6.07, 6.45) is 0. The lowest BCUT2D eigenvalue weighted by molar-refractivity contribution is 0.402. The van der Waals surface area contributed by atoms with Gasteiger partial charge in [0.05, 0.1) is 20.1 Å². The van der Waals surface area contributed by atoms with Gasteiger partial charge in [-0.15, -0.1) is 0 Å². The van der Waals surface area contributed by atoms with Gasteiger partial charge in [-0.2, -0.15) is 8.42 Å². The minimum atomic E-state index is -5.07. The first kappa shape index (κ1) is 22.0. The Hall–Kier alpha value is -1.67. The Kier molecular flexibility index (Phi) is 5.98. The Morgan fingerprint density at radius 1 is 0.724 bits per heavy atom. The van der Waals surface area contributed by atoms with Crippen LogP contribution in [0, 0.1) is 0 Å². The summed E-state index contributed by atoms with van der Waals surface area (Å²) in [7, 11) is -5.07. The molecule has 0 spiro atoms. The minimum absolute atomic E-state index is 0.0262. The summed E-state index contributed by atoms with van der Waals surface area (Å²) in [5, 5.41) is 19.5. The first-order valence-corrected chi connectivity index (χ1v) is 10.9. The molecule has 0 amide bonds. The summed E-state index contributed by atoms with van der Waals surface area (Å²) >= 11 is 24.9. The SMILES string of the molecule is O=S(=O)(O)C(c1ccc(O)c(O)c1)(c1cccc(Cl)c1Cl)c1cccc(Cl)c1Cl. The van der Waals surface area contributed by atoms with Crippen LogP contribution in [-0.4, -0.2) is 23.2 Å². The third-order valence-corrected chi connectivity index (χ3v) is 7.52. The highest BCUT2D eigenvalue weighted by Crippen LogP contribution is 2.51. The van der Waals surface area contributed by atoms with Gasteiger partial charge in [-0.3, -0.25) is 4.55 Å². The smallest absolute Gasteiger partial charge is 0.283 e. The number of rotatable bonds is 4. The maximum atomic E-state index is 13.0. The first-order chi connectivity index (χ1) is 13.5. The van der Waals surface area contributed by atoms with E-state index in [0.717, 1.165) is 12.1 Å². The molecule has 10 heteroatoms. The van der Waals surface area contributed by atoms with Crippen LogP contribution in [0.2, 0.25) is 20.1 Å². The molecule has 29 heavy (non-hydrogen) atoms. The molecule has 0 aliphatic heterocycles. The number of halogens is 4. The summed E-state index contributed by atoms with van der Waals surface area (Å²) in [5.41, 5.74) is -0.393. The van der Waals surface area contributed by atoms with E-state index in [-0.39, 0.29) is 36.8 Å². The van der Waals surface area contributed by atoms with Crippen molar-refractivity contribution in [3.63, 3.8) is 0 Å². The molecule has 3 aromatic carbocycles. The second kappa shape index (κ2) is 7.87. The second-order valence-corrected chi connectivity index (χ2v) is 9.20. The molecule has 0 aromatic heterocycles. The number of hydrogen-bond donors (Lipinski definition) is 3. The summed E-state index contributed by atoms with van der Waals surface area (Å²) in [5.74, 6) is -1.11. The average Bonchev–Trinajstić information content (AvgIpc) is 2.64. The molecule has 0 atom stereocenters. The summed E-state index contributed by atoms with van der Waals surface area (Å²) in [6.45, 7) is 0. The Morgan fingerprint density at radius 3 is 1.62 bits per heavy atom. The number of aromatic hydroxyl groups is 2. The van der Waals surface area contributed by atoms with Gasteiger partial charge in [0.2, 0.25) is 0 Å². The predicted octanol–water partition coefficient (Wildman–Crippen LogP) is 5.89. The first-order valence-electron chi connectivity index (χ1n) is 7.90. The topological polar surface area (TPSA) is 94.8 Å². The van der Waals surface area contributed by atoms with E-state index in [1.165, 1.54) is 42.5 Å². The van der Waals surface area contributed by atoms with Crippen molar-refractivity contribution in [2.75, 3.05) is 0 Å². The van der Waals surface area contributed by atoms with E-state index in [1.807, 2.05) is 0 Å². The minimum Gasteiger partial charge on any atom is -0.504 e. The van der Waals surface area contributed by atoms with Crippen molar-refractivity contribution in [2.45, 2.75) is 4.75 Å². The van der Waals surface area contributed by atoms with Crippen molar-refractivity contribution < 1.29 is 23.2 Å². The fourth-order valence-corrected chi connectivity index (χ4v) is 5.49. The molecule has 0 fully saturated rings. The highest BCUT2D eigenvalue weighted by molar-refractivity contribution is 7.87. The lowest BCUT2D eigenvalue weighted by Gasteiger charge is -2.34. The molecule has 0 heterocycles. The summed E-state index contributed by atoms with van der Waals surface area (Å²) in [4.78, 5) is 0. The van der Waals surface area contributed by atoms with Gasteiger partial charge < -0.3 is 10.2 Å². The number of phenolic OH excluding ortho intramolecular Hbond substituents is 2. The lowest BCUT2D eigenvalue weighted by Crippen LogP contribution is -2.39. The monoisotopic (exact) mass is 492 g/mol. The third kappa shape index (κ3) is 3.54. The Bertz CT molecular complexity index is 1160. The van der Waals surface area contributed by atoms with Gasteiger partial charge in [0.25, 0.3) is 10.1 Å². The van der Waals surface area contributed by atoms with Crippen LogP contribution in [0.3, 0.4) is 0 Å². The van der Waals surface area contributed by atoms with Crippen molar-refractivity contribution >= 4 is 56.5 Å². The molecule has 0 unspecified atom stereocenters. The van der Waals surface area contributed by atoms with Gasteiger partial charge in [0.1, 0.15) is 0 Å². The van der Waals surface area contributed by atoms with Crippen LogP contribution in [0.25, 0.3) is 0 Å². The summed E-state index contributed by atoms with van der Waals surface area (Å²) in [6, 6.07) is 11.7. The normalized spacial score (nSPS) is 12.2. The zero-order valence-corrected chi connectivity index (χ0v) is 18.1. The quantitative estimate of drug-likeness (QED) is 0.239. The number of benzene rings is 3. The van der Waals surface area contributed by atoms with E-state index in [4.69, 9.17) is 46.4 Å². The molecular formula is C19H12Cl4O5S. The van der Waals surface area contributed by atoms with E-state index in [0.29, 0.717) is 0 Å². The Balaban J connectivity index is 2.63. The van der Waals surface area contributed by atoms with Crippen LogP contribution in [-0.2, 0) is 14.9 Å². The maximum Gasteiger partial charge on any atom is 0.283 e. The highest BCUT2D eigenvalue weighted by atomic mass is 35.5. The van der Waals surface area contributed by atoms with Crippen molar-refractivity contribution in [1.82, 2.24) is 0 Å². The molecule has 3 N–H and O–H groups in total. The van der Waals surface area contributed by atoms with Crippen LogP contribution in [0.5, 0.6) is 11.5 Å². The molecule has 0 radical (unpaired) electrons. The van der Waals surface area contributed by atoms with Crippen LogP contribution in [0.1, 0.15) is 16.7 Å². The van der Waals surface area contributed by atoms with E-state index in [2.05, 4.69) is 0 Å². The van der Waals surface area contributed by atoms with Gasteiger partial charge in [0, 0.05) is 11.1 Å². The molecule has 3 aromatic rings. The Labute approximate surface area is 186 Å². The van der Waals surface area contributed by atoms with Crippen LogP contribution < -0.4 is 0 Å². The van der Waals surface area contributed by atoms with Crippen LogP contribution in [0.15, 0.2) is 54.6 Å². The molecule has 0 aliphatic carbocycles. The van der Waals surface area contributed by atoms with E-state index in [9.17, 15) is 23.2 Å².